The number of halogens is 3. The van der Waals surface area contributed by atoms with Gasteiger partial charge in [0.05, 0.1) is 5.38 Å². The van der Waals surface area contributed by atoms with E-state index in [4.69, 9.17) is 11.6 Å². The lowest BCUT2D eigenvalue weighted by molar-refractivity contribution is 0.559. The van der Waals surface area contributed by atoms with Gasteiger partial charge in [-0.05, 0) is 11.6 Å². The second-order valence-electron chi connectivity index (χ2n) is 4.24. The first-order valence-electron chi connectivity index (χ1n) is 6.00. The zero-order valence-electron chi connectivity index (χ0n) is 10.2. The topological polar surface area (TPSA) is 12.0 Å². The van der Waals surface area contributed by atoms with Crippen LogP contribution in [-0.2, 0) is 6.54 Å². The van der Waals surface area contributed by atoms with Crippen LogP contribution in [0.25, 0.3) is 0 Å². The van der Waals surface area contributed by atoms with Gasteiger partial charge in [-0.15, -0.1) is 11.6 Å². The second-order valence-corrected chi connectivity index (χ2v) is 4.77. The van der Waals surface area contributed by atoms with E-state index < -0.39 is 11.6 Å². The summed E-state index contributed by atoms with van der Waals surface area (Å²) in [6.07, 6.45) is 0. The number of hydrogen-bond acceptors (Lipinski definition) is 1. The van der Waals surface area contributed by atoms with Crippen molar-refractivity contribution < 1.29 is 8.78 Å². The van der Waals surface area contributed by atoms with Gasteiger partial charge in [-0.3, -0.25) is 0 Å². The Morgan fingerprint density at radius 2 is 1.79 bits per heavy atom. The normalized spacial score (nSPS) is 12.4. The van der Waals surface area contributed by atoms with Crippen molar-refractivity contribution in [3.05, 3.63) is 71.3 Å². The molecule has 0 fully saturated rings. The highest BCUT2D eigenvalue weighted by molar-refractivity contribution is 6.21. The molecule has 0 bridgehead atoms. The molecule has 0 heterocycles. The highest BCUT2D eigenvalue weighted by atomic mass is 35.5. The standard InChI is InChI=1S/C15H14ClF2N/c16-14(11-4-2-1-3-5-11)10-19-9-12-6-7-13(17)8-15(12)18/h1-8,14,19H,9-10H2. The van der Waals surface area contributed by atoms with Crippen molar-refractivity contribution >= 4 is 11.6 Å². The summed E-state index contributed by atoms with van der Waals surface area (Å²) in [5.74, 6) is -1.11. The van der Waals surface area contributed by atoms with E-state index in [1.54, 1.807) is 0 Å². The maximum atomic E-state index is 13.4. The Hall–Kier alpha value is -1.45. The molecule has 1 unspecified atom stereocenters. The number of benzene rings is 2. The summed E-state index contributed by atoms with van der Waals surface area (Å²) >= 11 is 6.22. The van der Waals surface area contributed by atoms with Crippen molar-refractivity contribution in [3.8, 4) is 0 Å². The Labute approximate surface area is 116 Å². The molecule has 0 spiro atoms. The molecular formula is C15H14ClF2N. The van der Waals surface area contributed by atoms with Gasteiger partial charge in [0, 0.05) is 24.7 Å². The Morgan fingerprint density at radius 1 is 1.05 bits per heavy atom. The van der Waals surface area contributed by atoms with Crippen molar-refractivity contribution in [1.82, 2.24) is 5.32 Å². The van der Waals surface area contributed by atoms with E-state index in [2.05, 4.69) is 5.32 Å². The molecule has 0 saturated heterocycles. The predicted molar refractivity (Wildman–Crippen MR) is 73.1 cm³/mol. The average Bonchev–Trinajstić information content (AvgIpc) is 2.42. The molecule has 2 aromatic rings. The van der Waals surface area contributed by atoms with E-state index in [1.807, 2.05) is 30.3 Å². The van der Waals surface area contributed by atoms with Gasteiger partial charge >= 0.3 is 0 Å². The zero-order valence-corrected chi connectivity index (χ0v) is 11.0. The highest BCUT2D eigenvalue weighted by Gasteiger charge is 2.08. The Kier molecular flexibility index (Phi) is 4.88. The molecule has 0 aliphatic rings. The first kappa shape index (κ1) is 14.0. The molecule has 2 aromatic carbocycles. The van der Waals surface area contributed by atoms with Crippen LogP contribution in [0.3, 0.4) is 0 Å². The lowest BCUT2D eigenvalue weighted by atomic mass is 10.1. The average molecular weight is 282 g/mol. The molecule has 1 N–H and O–H groups in total. The van der Waals surface area contributed by atoms with Crippen LogP contribution in [0.15, 0.2) is 48.5 Å². The maximum absolute atomic E-state index is 13.4. The Morgan fingerprint density at radius 3 is 2.47 bits per heavy atom. The van der Waals surface area contributed by atoms with E-state index in [1.165, 1.54) is 12.1 Å². The van der Waals surface area contributed by atoms with Crippen molar-refractivity contribution in [1.29, 1.82) is 0 Å². The van der Waals surface area contributed by atoms with Gasteiger partial charge in [0.1, 0.15) is 11.6 Å². The molecule has 0 amide bonds. The van der Waals surface area contributed by atoms with Crippen molar-refractivity contribution in [2.24, 2.45) is 0 Å². The summed E-state index contributed by atoms with van der Waals surface area (Å²) in [5, 5.41) is 2.89. The lowest BCUT2D eigenvalue weighted by Gasteiger charge is -2.11. The van der Waals surface area contributed by atoms with E-state index in [9.17, 15) is 8.78 Å². The maximum Gasteiger partial charge on any atom is 0.130 e. The van der Waals surface area contributed by atoms with E-state index in [0.717, 1.165) is 11.6 Å². The summed E-state index contributed by atoms with van der Waals surface area (Å²) in [5.41, 5.74) is 1.44. The molecule has 2 rings (SSSR count). The minimum absolute atomic E-state index is 0.176. The fraction of sp³-hybridized carbons (Fsp3) is 0.200. The third kappa shape index (κ3) is 4.01. The minimum Gasteiger partial charge on any atom is -0.311 e. The lowest BCUT2D eigenvalue weighted by Crippen LogP contribution is -2.19. The molecule has 0 radical (unpaired) electrons. The van der Waals surface area contributed by atoms with Crippen LogP contribution in [-0.4, -0.2) is 6.54 Å². The van der Waals surface area contributed by atoms with Crippen LogP contribution < -0.4 is 5.32 Å². The fourth-order valence-corrected chi connectivity index (χ4v) is 2.03. The second kappa shape index (κ2) is 6.64. The van der Waals surface area contributed by atoms with Crippen molar-refractivity contribution in [2.75, 3.05) is 6.54 Å². The smallest absolute Gasteiger partial charge is 0.130 e. The third-order valence-corrected chi connectivity index (χ3v) is 3.22. The number of rotatable bonds is 5. The largest absolute Gasteiger partial charge is 0.311 e. The van der Waals surface area contributed by atoms with Crippen LogP contribution in [0, 0.1) is 11.6 Å². The summed E-state index contributed by atoms with van der Waals surface area (Å²) in [7, 11) is 0. The summed E-state index contributed by atoms with van der Waals surface area (Å²) in [6.45, 7) is 0.838. The summed E-state index contributed by atoms with van der Waals surface area (Å²) < 4.78 is 26.1. The molecule has 19 heavy (non-hydrogen) atoms. The number of nitrogens with one attached hydrogen (secondary N) is 1. The van der Waals surface area contributed by atoms with Gasteiger partial charge in [-0.1, -0.05) is 36.4 Å². The number of hydrogen-bond donors (Lipinski definition) is 1. The molecule has 0 saturated carbocycles. The van der Waals surface area contributed by atoms with Gasteiger partial charge < -0.3 is 5.32 Å². The van der Waals surface area contributed by atoms with Crippen molar-refractivity contribution in [3.63, 3.8) is 0 Å². The molecule has 1 nitrogen and oxygen atoms in total. The minimum atomic E-state index is -0.569. The molecule has 0 aliphatic carbocycles. The fourth-order valence-electron chi connectivity index (χ4n) is 1.78. The molecule has 1 atom stereocenters. The SMILES string of the molecule is Fc1ccc(CNCC(Cl)c2ccccc2)c(F)c1. The monoisotopic (exact) mass is 281 g/mol. The van der Waals surface area contributed by atoms with Gasteiger partial charge in [-0.2, -0.15) is 0 Å². The Bertz CT molecular complexity index is 531. The third-order valence-electron chi connectivity index (χ3n) is 2.82. The van der Waals surface area contributed by atoms with Crippen LogP contribution in [0.2, 0.25) is 0 Å². The van der Waals surface area contributed by atoms with Gasteiger partial charge in [-0.25, -0.2) is 8.78 Å². The van der Waals surface area contributed by atoms with Crippen LogP contribution >= 0.6 is 11.6 Å². The molecule has 0 aromatic heterocycles. The van der Waals surface area contributed by atoms with Crippen LogP contribution in [0.5, 0.6) is 0 Å². The van der Waals surface area contributed by atoms with Crippen LogP contribution in [0.1, 0.15) is 16.5 Å². The highest BCUT2D eigenvalue weighted by Crippen LogP contribution is 2.19. The molecular weight excluding hydrogens is 268 g/mol. The predicted octanol–water partition coefficient (Wildman–Crippen LogP) is 4.03. The molecule has 0 aliphatic heterocycles. The van der Waals surface area contributed by atoms with E-state index in [-0.39, 0.29) is 5.38 Å². The summed E-state index contributed by atoms with van der Waals surface area (Å²) in [6, 6.07) is 13.2. The van der Waals surface area contributed by atoms with Crippen molar-refractivity contribution in [2.45, 2.75) is 11.9 Å². The van der Waals surface area contributed by atoms with E-state index in [0.29, 0.717) is 18.7 Å². The zero-order chi connectivity index (χ0) is 13.7. The number of alkyl halides is 1. The summed E-state index contributed by atoms with van der Waals surface area (Å²) in [4.78, 5) is 0. The molecule has 100 valence electrons. The van der Waals surface area contributed by atoms with E-state index >= 15 is 0 Å². The van der Waals surface area contributed by atoms with Crippen LogP contribution in [0.4, 0.5) is 8.78 Å². The van der Waals surface area contributed by atoms with Gasteiger partial charge in [0.2, 0.25) is 0 Å². The van der Waals surface area contributed by atoms with Gasteiger partial charge in [0.25, 0.3) is 0 Å². The first-order valence-corrected chi connectivity index (χ1v) is 6.44. The quantitative estimate of drug-likeness (QED) is 0.816. The van der Waals surface area contributed by atoms with Gasteiger partial charge in [0.15, 0.2) is 0 Å². The Balaban J connectivity index is 1.86. The first-order chi connectivity index (χ1) is 9.16. The molecule has 4 heteroatoms.